The topological polar surface area (TPSA) is 95.5 Å². The predicted molar refractivity (Wildman–Crippen MR) is 108 cm³/mol. The van der Waals surface area contributed by atoms with Crippen LogP contribution in [0.2, 0.25) is 0 Å². The van der Waals surface area contributed by atoms with Crippen molar-refractivity contribution in [1.29, 1.82) is 0 Å². The van der Waals surface area contributed by atoms with Crippen molar-refractivity contribution in [3.05, 3.63) is 59.9 Å². The van der Waals surface area contributed by atoms with Crippen LogP contribution in [0.4, 0.5) is 0 Å². The molecule has 5 rings (SSSR count). The molecule has 0 amide bonds. The van der Waals surface area contributed by atoms with Gasteiger partial charge in [0.25, 0.3) is 0 Å². The third-order valence-electron chi connectivity index (χ3n) is 5.28. The Labute approximate surface area is 173 Å². The zero-order valence-corrected chi connectivity index (χ0v) is 16.8. The highest BCUT2D eigenvalue weighted by atomic mass is 16.5. The minimum Gasteiger partial charge on any atom is -0.496 e. The van der Waals surface area contributed by atoms with E-state index in [-0.39, 0.29) is 6.04 Å². The molecule has 1 atom stereocenters. The van der Waals surface area contributed by atoms with Gasteiger partial charge in [0.2, 0.25) is 0 Å². The van der Waals surface area contributed by atoms with Crippen LogP contribution in [0.25, 0.3) is 11.5 Å². The molecular formula is C20H22N8O2. The molecule has 3 aromatic heterocycles. The zero-order valence-electron chi connectivity index (χ0n) is 16.8. The summed E-state index contributed by atoms with van der Waals surface area (Å²) >= 11 is 0. The second-order valence-electron chi connectivity index (χ2n) is 7.18. The maximum atomic E-state index is 5.73. The molecule has 4 heterocycles. The highest BCUT2D eigenvalue weighted by molar-refractivity contribution is 5.39. The molecule has 0 N–H and O–H groups in total. The Morgan fingerprint density at radius 3 is 2.93 bits per heavy atom. The molecule has 0 bridgehead atoms. The van der Waals surface area contributed by atoms with Crippen LogP contribution in [0.1, 0.15) is 23.3 Å². The fourth-order valence-corrected chi connectivity index (χ4v) is 3.64. The summed E-state index contributed by atoms with van der Waals surface area (Å²) < 4.78 is 14.6. The quantitative estimate of drug-likeness (QED) is 0.490. The fraction of sp³-hybridized carbons (Fsp3) is 0.350. The number of methoxy groups -OCH3 is 1. The molecule has 30 heavy (non-hydrogen) atoms. The van der Waals surface area contributed by atoms with E-state index in [9.17, 15) is 0 Å². The molecule has 0 saturated carbocycles. The number of ether oxygens (including phenoxy) is 2. The van der Waals surface area contributed by atoms with Crippen LogP contribution in [-0.2, 0) is 11.2 Å². The van der Waals surface area contributed by atoms with E-state index in [1.54, 1.807) is 22.6 Å². The first kappa shape index (κ1) is 18.6. The molecule has 0 radical (unpaired) electrons. The van der Waals surface area contributed by atoms with Crippen molar-refractivity contribution in [3.63, 3.8) is 0 Å². The lowest BCUT2D eigenvalue weighted by atomic mass is 10.1. The SMILES string of the molecule is COc1ccccc1Cc1nc([C@H]2COCCN2C)n(-c2ccc3nncn3n2)n1. The monoisotopic (exact) mass is 406 g/mol. The predicted octanol–water partition coefficient (Wildman–Crippen LogP) is 1.31. The van der Waals surface area contributed by atoms with Crippen LogP contribution in [0.3, 0.4) is 0 Å². The van der Waals surface area contributed by atoms with E-state index < -0.39 is 0 Å². The number of hydrogen-bond acceptors (Lipinski definition) is 8. The zero-order chi connectivity index (χ0) is 20.5. The summed E-state index contributed by atoms with van der Waals surface area (Å²) in [6.45, 7) is 2.09. The van der Waals surface area contributed by atoms with Crippen LogP contribution >= 0.6 is 0 Å². The summed E-state index contributed by atoms with van der Waals surface area (Å²) in [7, 11) is 3.74. The molecule has 1 aliphatic rings. The van der Waals surface area contributed by atoms with Gasteiger partial charge in [-0.2, -0.15) is 9.20 Å². The number of nitrogens with zero attached hydrogens (tertiary/aromatic N) is 8. The van der Waals surface area contributed by atoms with Gasteiger partial charge in [0.1, 0.15) is 12.1 Å². The normalized spacial score (nSPS) is 17.5. The van der Waals surface area contributed by atoms with Crippen molar-refractivity contribution in [2.24, 2.45) is 0 Å². The molecule has 4 aromatic rings. The second-order valence-corrected chi connectivity index (χ2v) is 7.18. The number of fused-ring (bicyclic) bond motifs is 1. The van der Waals surface area contributed by atoms with E-state index in [2.05, 4.69) is 27.2 Å². The van der Waals surface area contributed by atoms with E-state index in [4.69, 9.17) is 19.6 Å². The van der Waals surface area contributed by atoms with E-state index in [0.29, 0.717) is 36.9 Å². The Morgan fingerprint density at radius 2 is 2.07 bits per heavy atom. The average molecular weight is 406 g/mol. The van der Waals surface area contributed by atoms with Crippen molar-refractivity contribution in [1.82, 2.24) is 39.5 Å². The lowest BCUT2D eigenvalue weighted by Gasteiger charge is -2.31. The third-order valence-corrected chi connectivity index (χ3v) is 5.28. The molecule has 154 valence electrons. The highest BCUT2D eigenvalue weighted by Gasteiger charge is 2.28. The van der Waals surface area contributed by atoms with Crippen LogP contribution in [0, 0.1) is 0 Å². The molecule has 0 spiro atoms. The van der Waals surface area contributed by atoms with Gasteiger partial charge in [-0.05, 0) is 25.2 Å². The number of benzene rings is 1. The first-order chi connectivity index (χ1) is 14.7. The third kappa shape index (κ3) is 3.40. The summed E-state index contributed by atoms with van der Waals surface area (Å²) in [4.78, 5) is 7.12. The minimum absolute atomic E-state index is 0.0175. The summed E-state index contributed by atoms with van der Waals surface area (Å²) in [5.41, 5.74) is 1.70. The standard InChI is InChI=1S/C20H22N8O2/c1-26-9-10-30-12-15(26)20-22-17(11-14-5-3-4-6-16(14)29-2)24-28(20)19-8-7-18-23-21-13-27(18)25-19/h3-8,13,15H,9-12H2,1-2H3/t15-/m1/s1. The molecule has 1 saturated heterocycles. The summed E-state index contributed by atoms with van der Waals surface area (Å²) in [6, 6.07) is 11.6. The lowest BCUT2D eigenvalue weighted by molar-refractivity contribution is 0.00102. The Balaban J connectivity index is 1.58. The molecule has 10 heteroatoms. The number of rotatable bonds is 5. The van der Waals surface area contributed by atoms with Crippen molar-refractivity contribution in [2.75, 3.05) is 33.9 Å². The number of morpholine rings is 1. The molecule has 0 aliphatic carbocycles. The molecule has 1 fully saturated rings. The summed E-state index contributed by atoms with van der Waals surface area (Å²) in [6.07, 6.45) is 2.12. The van der Waals surface area contributed by atoms with E-state index >= 15 is 0 Å². The van der Waals surface area contributed by atoms with Gasteiger partial charge in [-0.25, -0.2) is 4.98 Å². The molecular weight excluding hydrogens is 384 g/mol. The van der Waals surface area contributed by atoms with E-state index in [1.807, 2.05) is 36.4 Å². The van der Waals surface area contributed by atoms with Crippen molar-refractivity contribution in [2.45, 2.75) is 12.5 Å². The smallest absolute Gasteiger partial charge is 0.177 e. The number of aromatic nitrogens is 7. The van der Waals surface area contributed by atoms with Crippen LogP contribution < -0.4 is 4.74 Å². The Hall–Kier alpha value is -3.37. The maximum Gasteiger partial charge on any atom is 0.177 e. The Bertz CT molecular complexity index is 1170. The van der Waals surface area contributed by atoms with Gasteiger partial charge in [-0.15, -0.1) is 20.4 Å². The van der Waals surface area contributed by atoms with Gasteiger partial charge in [0, 0.05) is 18.5 Å². The van der Waals surface area contributed by atoms with E-state index in [0.717, 1.165) is 23.7 Å². The van der Waals surface area contributed by atoms with Crippen molar-refractivity contribution in [3.8, 4) is 11.6 Å². The Morgan fingerprint density at radius 1 is 1.17 bits per heavy atom. The Kier molecular flexibility index (Phi) is 4.85. The van der Waals surface area contributed by atoms with Crippen LogP contribution in [-0.4, -0.2) is 73.4 Å². The summed E-state index contributed by atoms with van der Waals surface area (Å²) in [5, 5.41) is 17.3. The highest BCUT2D eigenvalue weighted by Crippen LogP contribution is 2.25. The maximum absolute atomic E-state index is 5.73. The van der Waals surface area contributed by atoms with Gasteiger partial charge in [-0.1, -0.05) is 18.2 Å². The largest absolute Gasteiger partial charge is 0.496 e. The van der Waals surface area contributed by atoms with Crippen LogP contribution in [0.15, 0.2) is 42.7 Å². The van der Waals surface area contributed by atoms with Gasteiger partial charge in [0.15, 0.2) is 23.1 Å². The number of likely N-dealkylation sites (N-methyl/N-ethyl adjacent to an activating group) is 1. The summed E-state index contributed by atoms with van der Waals surface area (Å²) in [5.74, 6) is 2.95. The number of para-hydroxylation sites is 1. The molecule has 1 aliphatic heterocycles. The van der Waals surface area contributed by atoms with Crippen molar-refractivity contribution >= 4 is 5.65 Å². The molecule has 1 aromatic carbocycles. The minimum atomic E-state index is -0.0175. The van der Waals surface area contributed by atoms with Gasteiger partial charge < -0.3 is 9.47 Å². The van der Waals surface area contributed by atoms with Crippen molar-refractivity contribution < 1.29 is 9.47 Å². The first-order valence-corrected chi connectivity index (χ1v) is 9.76. The molecule has 0 unspecified atom stereocenters. The van der Waals surface area contributed by atoms with Gasteiger partial charge in [-0.3, -0.25) is 4.90 Å². The van der Waals surface area contributed by atoms with Gasteiger partial charge >= 0.3 is 0 Å². The molecule has 10 nitrogen and oxygen atoms in total. The van der Waals surface area contributed by atoms with Crippen LogP contribution in [0.5, 0.6) is 5.75 Å². The number of hydrogen-bond donors (Lipinski definition) is 0. The lowest BCUT2D eigenvalue weighted by Crippen LogP contribution is -2.38. The van der Waals surface area contributed by atoms with Gasteiger partial charge in [0.05, 0.1) is 26.4 Å². The fourth-order valence-electron chi connectivity index (χ4n) is 3.64. The first-order valence-electron chi connectivity index (χ1n) is 9.76. The average Bonchev–Trinajstić information content (AvgIpc) is 3.41. The second kappa shape index (κ2) is 7.81. The van der Waals surface area contributed by atoms with E-state index in [1.165, 1.54) is 0 Å².